The summed E-state index contributed by atoms with van der Waals surface area (Å²) in [6.07, 6.45) is 10.6. The predicted octanol–water partition coefficient (Wildman–Crippen LogP) is -0.340. The second kappa shape index (κ2) is 7.97. The van der Waals surface area contributed by atoms with Gasteiger partial charge in [0.25, 0.3) is 0 Å². The third kappa shape index (κ3) is 3.44. The summed E-state index contributed by atoms with van der Waals surface area (Å²) >= 11 is -0.816. The predicted molar refractivity (Wildman–Crippen MR) is 84.3 cm³/mol. The van der Waals surface area contributed by atoms with Crippen molar-refractivity contribution in [2.24, 2.45) is 0 Å². The Morgan fingerprint density at radius 3 is 2.50 bits per heavy atom. The van der Waals surface area contributed by atoms with Gasteiger partial charge in [-0.1, -0.05) is 0 Å². The molecule has 110 valence electrons. The molecule has 1 atom stereocenters. The van der Waals surface area contributed by atoms with E-state index in [-0.39, 0.29) is 32.3 Å². The fraction of sp³-hybridized carbons (Fsp3) is 0.111. The average Bonchev–Trinajstić information content (AvgIpc) is 3.19. The molecule has 0 fully saturated rings. The molecule has 4 heteroatoms. The summed E-state index contributed by atoms with van der Waals surface area (Å²) in [4.78, 5) is 0. The second-order valence-electron chi connectivity index (χ2n) is 5.19. The standard InChI is InChI=1S/C13H10P.C5H5.2ClH.Hf/c1-2-6-12-10-13(9-11(12)5-1)14-7-3-4-8-14;1-2-4-5-3-1;;;/h1-10H;1-3H,4H2;2*1H;/q;;;;+2/p-2. The van der Waals surface area contributed by atoms with Crippen molar-refractivity contribution in [2.45, 2.75) is 10.1 Å². The summed E-state index contributed by atoms with van der Waals surface area (Å²) in [6, 6.07) is 13.5. The Balaban J connectivity index is 0.000000882. The van der Waals surface area contributed by atoms with Gasteiger partial charge in [-0.25, -0.2) is 0 Å². The zero-order valence-electron chi connectivity index (χ0n) is 11.9. The molecular formula is C18H15Cl2HfP. The molecule has 1 unspecified atom stereocenters. The van der Waals surface area contributed by atoms with Crippen LogP contribution in [0.25, 0.3) is 11.4 Å². The molecular weight excluding hydrogens is 497 g/mol. The molecule has 2 aliphatic carbocycles. The van der Waals surface area contributed by atoms with Gasteiger partial charge < -0.3 is 24.8 Å². The number of fused-ring (bicyclic) bond motifs is 1. The Morgan fingerprint density at radius 1 is 1.00 bits per heavy atom. The van der Waals surface area contributed by atoms with Crippen molar-refractivity contribution in [3.05, 3.63) is 80.7 Å². The number of hydrogen-bond donors (Lipinski definition) is 0. The third-order valence-corrected chi connectivity index (χ3v) is 12.7. The van der Waals surface area contributed by atoms with Crippen LogP contribution in [-0.2, 0) is 22.9 Å². The van der Waals surface area contributed by atoms with Gasteiger partial charge in [-0.05, 0) is 0 Å². The number of halogens is 2. The van der Waals surface area contributed by atoms with Crippen LogP contribution in [0.15, 0.2) is 69.6 Å². The molecule has 0 bridgehead atoms. The minimum atomic E-state index is -0.816. The van der Waals surface area contributed by atoms with Crippen molar-refractivity contribution < 1.29 is 47.7 Å². The van der Waals surface area contributed by atoms with E-state index < -0.39 is 22.9 Å². The van der Waals surface area contributed by atoms with Crippen molar-refractivity contribution >= 4 is 18.9 Å². The molecule has 0 aliphatic heterocycles. The maximum absolute atomic E-state index is 2.49. The van der Waals surface area contributed by atoms with Crippen LogP contribution in [0.5, 0.6) is 0 Å². The van der Waals surface area contributed by atoms with E-state index in [0.717, 1.165) is 3.67 Å². The summed E-state index contributed by atoms with van der Waals surface area (Å²) in [5.74, 6) is 4.81. The minimum absolute atomic E-state index is 0. The summed E-state index contributed by atoms with van der Waals surface area (Å²) in [5.41, 5.74) is 3.08. The number of allylic oxidation sites excluding steroid dienone is 5. The Bertz CT molecular complexity index is 729. The molecule has 0 saturated heterocycles. The molecule has 1 aromatic heterocycles. The first-order chi connectivity index (χ1) is 9.92. The number of hydrogen-bond acceptors (Lipinski definition) is 0. The first kappa shape index (κ1) is 18.0. The molecule has 1 heterocycles. The molecule has 2 aromatic rings. The van der Waals surface area contributed by atoms with Crippen molar-refractivity contribution in [1.82, 2.24) is 0 Å². The van der Waals surface area contributed by atoms with Gasteiger partial charge in [0.05, 0.1) is 0 Å². The fourth-order valence-corrected chi connectivity index (χ4v) is 12.0. The molecule has 22 heavy (non-hydrogen) atoms. The van der Waals surface area contributed by atoms with E-state index in [1.165, 1.54) is 12.0 Å². The van der Waals surface area contributed by atoms with E-state index in [9.17, 15) is 0 Å². The SMILES string of the molecule is C1=CC[C]([Hf+2][CH]2C(p3cccc3)=Cc3ccccc32)=C1.[Cl-].[Cl-]. The first-order valence-corrected chi connectivity index (χ1v) is 12.3. The topological polar surface area (TPSA) is 0 Å². The molecule has 0 saturated carbocycles. The Labute approximate surface area is 156 Å². The van der Waals surface area contributed by atoms with Gasteiger partial charge in [-0.3, -0.25) is 0 Å². The first-order valence-electron chi connectivity index (χ1n) is 6.98. The molecule has 0 spiro atoms. The minimum Gasteiger partial charge on any atom is -1.00 e. The van der Waals surface area contributed by atoms with E-state index in [1.807, 2.05) is 0 Å². The smallest absolute Gasteiger partial charge is 1.00 e. The van der Waals surface area contributed by atoms with Crippen LogP contribution >= 0.6 is 7.53 Å². The van der Waals surface area contributed by atoms with E-state index in [1.54, 1.807) is 14.2 Å². The summed E-state index contributed by atoms with van der Waals surface area (Å²) < 4.78 is 2.54. The van der Waals surface area contributed by atoms with Crippen molar-refractivity contribution in [3.63, 3.8) is 0 Å². The Morgan fingerprint density at radius 2 is 1.77 bits per heavy atom. The molecule has 0 N–H and O–H groups in total. The van der Waals surface area contributed by atoms with Crippen LogP contribution in [0, 0.1) is 0 Å². The third-order valence-electron chi connectivity index (χ3n) is 3.91. The van der Waals surface area contributed by atoms with Gasteiger partial charge >= 0.3 is 133 Å². The van der Waals surface area contributed by atoms with E-state index in [2.05, 4.69) is 72.3 Å². The normalized spacial score (nSPS) is 17.7. The zero-order valence-corrected chi connectivity index (χ0v) is 17.9. The van der Waals surface area contributed by atoms with Crippen molar-refractivity contribution in [3.8, 4) is 0 Å². The number of benzene rings is 1. The zero-order chi connectivity index (χ0) is 13.4. The summed E-state index contributed by atoms with van der Waals surface area (Å²) in [6.45, 7) is 0. The molecule has 0 amide bonds. The molecule has 0 radical (unpaired) electrons. The van der Waals surface area contributed by atoms with Crippen molar-refractivity contribution in [2.75, 3.05) is 0 Å². The molecule has 1 aromatic carbocycles. The summed E-state index contributed by atoms with van der Waals surface area (Å²) in [5, 5.41) is 1.71. The van der Waals surface area contributed by atoms with Gasteiger partial charge in [0, 0.05) is 0 Å². The molecule has 2 aliphatic rings. The van der Waals surface area contributed by atoms with Gasteiger partial charge in [-0.15, -0.1) is 0 Å². The summed E-state index contributed by atoms with van der Waals surface area (Å²) in [7, 11) is -0.151. The van der Waals surface area contributed by atoms with E-state index in [4.69, 9.17) is 0 Å². The van der Waals surface area contributed by atoms with Crippen LogP contribution in [0.4, 0.5) is 0 Å². The van der Waals surface area contributed by atoms with Gasteiger partial charge in [0.2, 0.25) is 0 Å². The maximum atomic E-state index is 2.49. The van der Waals surface area contributed by atoms with Gasteiger partial charge in [-0.2, -0.15) is 0 Å². The Hall–Kier alpha value is -0.330. The van der Waals surface area contributed by atoms with E-state index >= 15 is 0 Å². The quantitative estimate of drug-likeness (QED) is 0.495. The average molecular weight is 512 g/mol. The van der Waals surface area contributed by atoms with Crippen LogP contribution in [0.2, 0.25) is 0 Å². The molecule has 4 rings (SSSR count). The monoisotopic (exact) mass is 512 g/mol. The van der Waals surface area contributed by atoms with Crippen molar-refractivity contribution in [1.29, 1.82) is 0 Å². The number of rotatable bonds is 3. The largest absolute Gasteiger partial charge is 1.00 e. The van der Waals surface area contributed by atoms with Gasteiger partial charge in [0.15, 0.2) is 0 Å². The molecule has 0 nitrogen and oxygen atoms in total. The van der Waals surface area contributed by atoms with Crippen LogP contribution in [-0.4, -0.2) is 0 Å². The van der Waals surface area contributed by atoms with E-state index in [0.29, 0.717) is 0 Å². The second-order valence-corrected chi connectivity index (χ2v) is 12.5. The van der Waals surface area contributed by atoms with Crippen LogP contribution < -0.4 is 24.8 Å². The van der Waals surface area contributed by atoms with Crippen LogP contribution in [0.3, 0.4) is 0 Å². The van der Waals surface area contributed by atoms with Crippen LogP contribution in [0.1, 0.15) is 21.2 Å². The fourth-order valence-electron chi connectivity index (χ4n) is 2.93. The van der Waals surface area contributed by atoms with Gasteiger partial charge in [0.1, 0.15) is 0 Å². The Kier molecular flexibility index (Phi) is 6.53. The maximum Gasteiger partial charge on any atom is -1.00 e.